The van der Waals surface area contributed by atoms with Gasteiger partial charge < -0.3 is 5.73 Å². The summed E-state index contributed by atoms with van der Waals surface area (Å²) < 4.78 is 0. The summed E-state index contributed by atoms with van der Waals surface area (Å²) in [6.07, 6.45) is 1.98. The Labute approximate surface area is 78.0 Å². The minimum atomic E-state index is -0.320. The lowest BCUT2D eigenvalue weighted by atomic mass is 10.1. The van der Waals surface area contributed by atoms with Gasteiger partial charge in [-0.05, 0) is 17.5 Å². The Morgan fingerprint density at radius 3 is 2.62 bits per heavy atom. The van der Waals surface area contributed by atoms with Crippen LogP contribution in [0.4, 0.5) is 0 Å². The van der Waals surface area contributed by atoms with Crippen molar-refractivity contribution in [2.75, 3.05) is 0 Å². The van der Waals surface area contributed by atoms with Crippen molar-refractivity contribution in [3.63, 3.8) is 0 Å². The molecule has 3 nitrogen and oxygen atoms in total. The standard InChI is InChI=1S/C10H14N2O/c1-7(2)9-4-3-8(6-12-9)5-10(11)13/h3-4,6-7H,5H2,1-2H3,(H2,11,13). The minimum Gasteiger partial charge on any atom is -0.369 e. The smallest absolute Gasteiger partial charge is 0.221 e. The number of hydrogen-bond acceptors (Lipinski definition) is 2. The van der Waals surface area contributed by atoms with Crippen molar-refractivity contribution in [1.82, 2.24) is 4.98 Å². The Balaban J connectivity index is 2.75. The molecule has 0 aliphatic heterocycles. The van der Waals surface area contributed by atoms with Crippen LogP contribution in [0.3, 0.4) is 0 Å². The van der Waals surface area contributed by atoms with E-state index in [4.69, 9.17) is 5.73 Å². The highest BCUT2D eigenvalue weighted by Gasteiger charge is 2.02. The molecule has 0 aromatic carbocycles. The van der Waals surface area contributed by atoms with Crippen molar-refractivity contribution in [3.05, 3.63) is 29.6 Å². The SMILES string of the molecule is CC(C)c1ccc(CC(N)=O)cn1. The molecule has 0 unspecified atom stereocenters. The van der Waals surface area contributed by atoms with Gasteiger partial charge in [0.25, 0.3) is 0 Å². The molecule has 0 spiro atoms. The number of primary amides is 1. The lowest BCUT2D eigenvalue weighted by molar-refractivity contribution is -0.117. The minimum absolute atomic E-state index is 0.269. The second kappa shape index (κ2) is 4.03. The van der Waals surface area contributed by atoms with Crippen LogP contribution in [-0.2, 0) is 11.2 Å². The summed E-state index contributed by atoms with van der Waals surface area (Å²) in [6.45, 7) is 4.16. The zero-order valence-electron chi connectivity index (χ0n) is 7.95. The molecule has 1 heterocycles. The van der Waals surface area contributed by atoms with E-state index in [1.165, 1.54) is 0 Å². The zero-order valence-corrected chi connectivity index (χ0v) is 7.95. The molecule has 0 aliphatic carbocycles. The molecule has 0 saturated heterocycles. The van der Waals surface area contributed by atoms with Gasteiger partial charge in [-0.15, -0.1) is 0 Å². The predicted octanol–water partition coefficient (Wildman–Crippen LogP) is 1.23. The lowest BCUT2D eigenvalue weighted by Crippen LogP contribution is -2.13. The van der Waals surface area contributed by atoms with Gasteiger partial charge in [0.2, 0.25) is 5.91 Å². The Morgan fingerprint density at radius 2 is 2.23 bits per heavy atom. The van der Waals surface area contributed by atoms with Crippen LogP contribution in [0.15, 0.2) is 18.3 Å². The van der Waals surface area contributed by atoms with Gasteiger partial charge >= 0.3 is 0 Å². The summed E-state index contributed by atoms with van der Waals surface area (Å²) in [4.78, 5) is 14.8. The third-order valence-electron chi connectivity index (χ3n) is 1.82. The maximum absolute atomic E-state index is 10.6. The molecular weight excluding hydrogens is 164 g/mol. The van der Waals surface area contributed by atoms with Crippen molar-refractivity contribution in [2.24, 2.45) is 5.73 Å². The van der Waals surface area contributed by atoms with Crippen molar-refractivity contribution in [1.29, 1.82) is 0 Å². The third-order valence-corrected chi connectivity index (χ3v) is 1.82. The van der Waals surface area contributed by atoms with Crippen molar-refractivity contribution < 1.29 is 4.79 Å². The molecule has 1 aromatic rings. The second-order valence-electron chi connectivity index (χ2n) is 3.39. The number of carbonyl (C=O) groups is 1. The Hall–Kier alpha value is -1.38. The molecule has 2 N–H and O–H groups in total. The first-order valence-corrected chi connectivity index (χ1v) is 4.32. The van der Waals surface area contributed by atoms with Crippen LogP contribution >= 0.6 is 0 Å². The van der Waals surface area contributed by atoms with Gasteiger partial charge in [0, 0.05) is 11.9 Å². The molecule has 0 radical (unpaired) electrons. The van der Waals surface area contributed by atoms with Crippen LogP contribution in [-0.4, -0.2) is 10.9 Å². The van der Waals surface area contributed by atoms with Gasteiger partial charge in [0.1, 0.15) is 0 Å². The van der Waals surface area contributed by atoms with Crippen LogP contribution in [0.25, 0.3) is 0 Å². The van der Waals surface area contributed by atoms with Gasteiger partial charge in [-0.25, -0.2) is 0 Å². The summed E-state index contributed by atoms with van der Waals surface area (Å²) >= 11 is 0. The first-order valence-electron chi connectivity index (χ1n) is 4.32. The van der Waals surface area contributed by atoms with Gasteiger partial charge in [-0.1, -0.05) is 19.9 Å². The van der Waals surface area contributed by atoms with E-state index < -0.39 is 0 Å². The van der Waals surface area contributed by atoms with Crippen molar-refractivity contribution >= 4 is 5.91 Å². The lowest BCUT2D eigenvalue weighted by Gasteiger charge is -2.04. The number of amides is 1. The largest absolute Gasteiger partial charge is 0.369 e. The number of rotatable bonds is 3. The summed E-state index contributed by atoms with van der Waals surface area (Å²) in [5.41, 5.74) is 6.96. The van der Waals surface area contributed by atoms with Crippen LogP contribution in [0.1, 0.15) is 31.0 Å². The Kier molecular flexibility index (Phi) is 3.01. The molecular formula is C10H14N2O. The normalized spacial score (nSPS) is 10.4. The van der Waals surface area contributed by atoms with Gasteiger partial charge in [0.05, 0.1) is 6.42 Å². The molecule has 0 fully saturated rings. The maximum atomic E-state index is 10.6. The van der Waals surface area contributed by atoms with E-state index in [0.29, 0.717) is 5.92 Å². The zero-order chi connectivity index (χ0) is 9.84. The summed E-state index contributed by atoms with van der Waals surface area (Å²) in [6, 6.07) is 3.83. The molecule has 1 rings (SSSR count). The number of aromatic nitrogens is 1. The van der Waals surface area contributed by atoms with Crippen LogP contribution in [0.2, 0.25) is 0 Å². The average Bonchev–Trinajstić information content (AvgIpc) is 2.04. The van der Waals surface area contributed by atoms with Crippen LogP contribution in [0, 0.1) is 0 Å². The number of carbonyl (C=O) groups excluding carboxylic acids is 1. The van der Waals surface area contributed by atoms with E-state index in [9.17, 15) is 4.79 Å². The van der Waals surface area contributed by atoms with Crippen LogP contribution < -0.4 is 5.73 Å². The van der Waals surface area contributed by atoms with E-state index in [-0.39, 0.29) is 12.3 Å². The molecule has 0 saturated carbocycles. The molecule has 1 amide bonds. The Bertz CT molecular complexity index is 290. The van der Waals surface area contributed by atoms with E-state index >= 15 is 0 Å². The summed E-state index contributed by atoms with van der Waals surface area (Å²) in [5.74, 6) is 0.0988. The quantitative estimate of drug-likeness (QED) is 0.756. The highest BCUT2D eigenvalue weighted by atomic mass is 16.1. The molecule has 70 valence electrons. The Morgan fingerprint density at radius 1 is 1.54 bits per heavy atom. The summed E-state index contributed by atoms with van der Waals surface area (Å²) in [7, 11) is 0. The predicted molar refractivity (Wildman–Crippen MR) is 51.2 cm³/mol. The maximum Gasteiger partial charge on any atom is 0.221 e. The van der Waals surface area contributed by atoms with Crippen molar-refractivity contribution in [2.45, 2.75) is 26.2 Å². The number of pyridine rings is 1. The molecule has 0 aliphatic rings. The average molecular weight is 178 g/mol. The monoisotopic (exact) mass is 178 g/mol. The topological polar surface area (TPSA) is 56.0 Å². The fourth-order valence-corrected chi connectivity index (χ4v) is 1.08. The van der Waals surface area contributed by atoms with E-state index in [1.807, 2.05) is 12.1 Å². The van der Waals surface area contributed by atoms with E-state index in [2.05, 4.69) is 18.8 Å². The fourth-order valence-electron chi connectivity index (χ4n) is 1.08. The van der Waals surface area contributed by atoms with Gasteiger partial charge in [-0.3, -0.25) is 9.78 Å². The highest BCUT2D eigenvalue weighted by Crippen LogP contribution is 2.11. The van der Waals surface area contributed by atoms with Crippen molar-refractivity contribution in [3.8, 4) is 0 Å². The van der Waals surface area contributed by atoms with E-state index in [1.54, 1.807) is 6.20 Å². The van der Waals surface area contributed by atoms with Crippen LogP contribution in [0.5, 0.6) is 0 Å². The molecule has 0 atom stereocenters. The molecule has 0 bridgehead atoms. The number of hydrogen-bond donors (Lipinski definition) is 1. The van der Waals surface area contributed by atoms with Gasteiger partial charge in [0.15, 0.2) is 0 Å². The fraction of sp³-hybridized carbons (Fsp3) is 0.400. The number of nitrogens with two attached hydrogens (primary N) is 1. The first-order chi connectivity index (χ1) is 6.09. The summed E-state index contributed by atoms with van der Waals surface area (Å²) in [5, 5.41) is 0. The highest BCUT2D eigenvalue weighted by molar-refractivity contribution is 5.76. The molecule has 3 heteroatoms. The van der Waals surface area contributed by atoms with E-state index in [0.717, 1.165) is 11.3 Å². The molecule has 13 heavy (non-hydrogen) atoms. The second-order valence-corrected chi connectivity index (χ2v) is 3.39. The molecule has 1 aromatic heterocycles. The third kappa shape index (κ3) is 2.86. The first kappa shape index (κ1) is 9.71. The van der Waals surface area contributed by atoms with Gasteiger partial charge in [-0.2, -0.15) is 0 Å². The number of nitrogens with zero attached hydrogens (tertiary/aromatic N) is 1.